The Balaban J connectivity index is 1.71. The highest BCUT2D eigenvalue weighted by molar-refractivity contribution is 7.17. The van der Waals surface area contributed by atoms with Gasteiger partial charge in [-0.2, -0.15) is 0 Å². The molecule has 1 aromatic heterocycles. The normalized spacial score (nSPS) is 18.1. The Morgan fingerprint density at radius 2 is 1.67 bits per heavy atom. The molecule has 8 heteroatoms. The smallest absolute Gasteiger partial charge is 0.264 e. The lowest BCUT2D eigenvalue weighted by Gasteiger charge is -2.19. The third-order valence-corrected chi connectivity index (χ3v) is 7.18. The lowest BCUT2D eigenvalue weighted by Crippen LogP contribution is -2.31. The molecule has 4 N–H and O–H groups in total. The zero-order valence-electron chi connectivity index (χ0n) is 16.1. The second-order valence-electron chi connectivity index (χ2n) is 7.71. The van der Waals surface area contributed by atoms with Crippen LogP contribution in [0.3, 0.4) is 0 Å². The number of hydrogen-bond acceptors (Lipinski definition) is 7. The summed E-state index contributed by atoms with van der Waals surface area (Å²) in [6.45, 7) is 2.58. The highest BCUT2D eigenvalue weighted by Crippen LogP contribution is 2.46. The molecule has 1 amide bonds. The maximum atomic E-state index is 13.3. The first-order valence-corrected chi connectivity index (χ1v) is 10.4. The summed E-state index contributed by atoms with van der Waals surface area (Å²) in [4.78, 5) is 41.7. The minimum absolute atomic E-state index is 0.0855. The third-order valence-electron chi connectivity index (χ3n) is 5.90. The molecule has 152 valence electrons. The van der Waals surface area contributed by atoms with Crippen molar-refractivity contribution in [1.82, 2.24) is 4.90 Å². The number of hydrogen-bond donors (Lipinski definition) is 3. The molecule has 0 radical (unpaired) electrons. The van der Waals surface area contributed by atoms with Crippen LogP contribution >= 0.6 is 11.3 Å². The molecule has 1 aliphatic carbocycles. The molecule has 2 heterocycles. The largest absolute Gasteiger partial charge is 0.506 e. The molecule has 3 aromatic rings. The van der Waals surface area contributed by atoms with E-state index >= 15 is 0 Å². The molecule has 2 aliphatic rings. The number of benzene rings is 2. The van der Waals surface area contributed by atoms with E-state index in [0.29, 0.717) is 30.0 Å². The Labute approximate surface area is 175 Å². The van der Waals surface area contributed by atoms with Gasteiger partial charge in [0.2, 0.25) is 5.78 Å². The van der Waals surface area contributed by atoms with Gasteiger partial charge in [-0.25, -0.2) is 0 Å². The van der Waals surface area contributed by atoms with Crippen molar-refractivity contribution < 1.29 is 24.6 Å². The number of phenols is 2. The summed E-state index contributed by atoms with van der Waals surface area (Å²) in [7, 11) is 0. The number of likely N-dealkylation sites (tertiary alicyclic amines) is 1. The van der Waals surface area contributed by atoms with Gasteiger partial charge in [0.1, 0.15) is 11.5 Å². The summed E-state index contributed by atoms with van der Waals surface area (Å²) in [5.41, 5.74) is 6.01. The zero-order valence-corrected chi connectivity index (χ0v) is 16.9. The molecule has 30 heavy (non-hydrogen) atoms. The summed E-state index contributed by atoms with van der Waals surface area (Å²) in [5.74, 6) is -2.08. The number of carbonyl (C=O) groups excluding carboxylic acids is 3. The lowest BCUT2D eigenvalue weighted by atomic mass is 9.83. The Kier molecular flexibility index (Phi) is 4.00. The molecular formula is C22H18N2O5S. The highest BCUT2D eigenvalue weighted by Gasteiger charge is 2.41. The van der Waals surface area contributed by atoms with Crippen LogP contribution < -0.4 is 5.73 Å². The third kappa shape index (κ3) is 2.37. The number of amides is 1. The maximum Gasteiger partial charge on any atom is 0.264 e. The molecule has 1 saturated heterocycles. The summed E-state index contributed by atoms with van der Waals surface area (Å²) in [5, 5.41) is 22.1. The molecule has 0 unspecified atom stereocenters. The Hall–Kier alpha value is -3.23. The highest BCUT2D eigenvalue weighted by atomic mass is 32.1. The van der Waals surface area contributed by atoms with Gasteiger partial charge in [0.15, 0.2) is 5.78 Å². The number of thiophene rings is 1. The molecule has 2 aromatic carbocycles. The van der Waals surface area contributed by atoms with Crippen LogP contribution in [0.1, 0.15) is 52.8 Å². The first kappa shape index (κ1) is 18.8. The minimum atomic E-state index is -0.566. The second kappa shape index (κ2) is 6.38. The van der Waals surface area contributed by atoms with Crippen molar-refractivity contribution in [2.24, 2.45) is 5.73 Å². The van der Waals surface area contributed by atoms with Crippen LogP contribution in [0.2, 0.25) is 0 Å². The summed E-state index contributed by atoms with van der Waals surface area (Å²) < 4.78 is 0. The van der Waals surface area contributed by atoms with Gasteiger partial charge in [0, 0.05) is 35.5 Å². The molecule has 5 rings (SSSR count). The van der Waals surface area contributed by atoms with Crippen molar-refractivity contribution in [3.63, 3.8) is 0 Å². The fourth-order valence-corrected chi connectivity index (χ4v) is 5.57. The van der Waals surface area contributed by atoms with E-state index in [1.54, 1.807) is 36.1 Å². The van der Waals surface area contributed by atoms with Crippen LogP contribution in [0.5, 0.6) is 11.5 Å². The van der Waals surface area contributed by atoms with Gasteiger partial charge >= 0.3 is 0 Å². The number of nitrogens with zero attached hydrogens (tertiary/aromatic N) is 1. The number of aromatic hydroxyl groups is 2. The van der Waals surface area contributed by atoms with E-state index in [2.05, 4.69) is 0 Å². The van der Waals surface area contributed by atoms with Crippen LogP contribution in [0.25, 0.3) is 10.8 Å². The zero-order chi connectivity index (χ0) is 21.3. The second-order valence-corrected chi connectivity index (χ2v) is 8.73. The van der Waals surface area contributed by atoms with E-state index < -0.39 is 11.6 Å². The van der Waals surface area contributed by atoms with Gasteiger partial charge in [0.05, 0.1) is 20.9 Å². The van der Waals surface area contributed by atoms with Gasteiger partial charge < -0.3 is 20.8 Å². The monoisotopic (exact) mass is 422 g/mol. The number of rotatable bonds is 1. The van der Waals surface area contributed by atoms with Crippen molar-refractivity contribution in [3.8, 4) is 11.5 Å². The number of phenolic OH excluding ortho intramolecular Hbond substituents is 2. The maximum absolute atomic E-state index is 13.3. The average molecular weight is 422 g/mol. The van der Waals surface area contributed by atoms with Crippen LogP contribution in [-0.4, -0.2) is 51.7 Å². The van der Waals surface area contributed by atoms with Crippen LogP contribution in [0, 0.1) is 6.92 Å². The average Bonchev–Trinajstić information content (AvgIpc) is 3.32. The Morgan fingerprint density at radius 1 is 1.07 bits per heavy atom. The Bertz CT molecular complexity index is 1290. The molecule has 7 nitrogen and oxygen atoms in total. The van der Waals surface area contributed by atoms with Gasteiger partial charge in [-0.15, -0.1) is 11.3 Å². The number of ketones is 2. The molecular weight excluding hydrogens is 404 g/mol. The molecule has 0 saturated carbocycles. The first-order chi connectivity index (χ1) is 14.3. The van der Waals surface area contributed by atoms with Crippen molar-refractivity contribution in [2.75, 3.05) is 13.1 Å². The SMILES string of the molecule is Cc1c(C(=O)N2CC[C@H](N)C2)sc2c1C(=O)c1c(c(O)c3ccccc3c1O)C2=O. The summed E-state index contributed by atoms with van der Waals surface area (Å²) in [6.07, 6.45) is 0.702. The molecule has 1 fully saturated rings. The van der Waals surface area contributed by atoms with Crippen molar-refractivity contribution >= 4 is 39.6 Å². The number of fused-ring (bicyclic) bond motifs is 3. The van der Waals surface area contributed by atoms with Gasteiger partial charge in [-0.05, 0) is 18.9 Å². The van der Waals surface area contributed by atoms with E-state index in [0.717, 1.165) is 11.3 Å². The molecule has 0 bridgehead atoms. The molecule has 1 atom stereocenters. The molecule has 0 spiro atoms. The summed E-state index contributed by atoms with van der Waals surface area (Å²) >= 11 is 0.958. The van der Waals surface area contributed by atoms with E-state index in [9.17, 15) is 24.6 Å². The number of nitrogens with two attached hydrogens (primary N) is 1. The van der Waals surface area contributed by atoms with Gasteiger partial charge in [0.25, 0.3) is 5.91 Å². The van der Waals surface area contributed by atoms with Crippen molar-refractivity contribution in [2.45, 2.75) is 19.4 Å². The fourth-order valence-electron chi connectivity index (χ4n) is 4.35. The van der Waals surface area contributed by atoms with Crippen molar-refractivity contribution in [3.05, 3.63) is 56.3 Å². The molecule has 1 aliphatic heterocycles. The summed E-state index contributed by atoms with van der Waals surface area (Å²) in [6, 6.07) is 6.40. The van der Waals surface area contributed by atoms with Crippen LogP contribution in [-0.2, 0) is 0 Å². The van der Waals surface area contributed by atoms with E-state index in [1.165, 1.54) is 0 Å². The topological polar surface area (TPSA) is 121 Å². The minimum Gasteiger partial charge on any atom is -0.506 e. The van der Waals surface area contributed by atoms with E-state index in [-0.39, 0.29) is 55.8 Å². The lowest BCUT2D eigenvalue weighted by molar-refractivity contribution is 0.0795. The number of carbonyl (C=O) groups is 3. The predicted molar refractivity (Wildman–Crippen MR) is 112 cm³/mol. The van der Waals surface area contributed by atoms with Crippen LogP contribution in [0.4, 0.5) is 0 Å². The van der Waals surface area contributed by atoms with Crippen LogP contribution in [0.15, 0.2) is 24.3 Å². The Morgan fingerprint density at radius 3 is 2.23 bits per heavy atom. The standard InChI is InChI=1S/C22H18N2O5S/c1-9-13-18(27)14-15(17(26)12-5-3-2-4-11(12)16(14)25)19(28)21(13)30-20(9)22(29)24-7-6-10(23)8-24/h2-5,10,25-26H,6-8,23H2,1H3/t10-/m0/s1. The fraction of sp³-hybridized carbons (Fsp3) is 0.227. The van der Waals surface area contributed by atoms with E-state index in [1.807, 2.05) is 0 Å². The van der Waals surface area contributed by atoms with Crippen molar-refractivity contribution in [1.29, 1.82) is 0 Å². The first-order valence-electron chi connectivity index (χ1n) is 9.55. The quantitative estimate of drug-likeness (QED) is 0.406. The van der Waals surface area contributed by atoms with Gasteiger partial charge in [-0.1, -0.05) is 24.3 Å². The van der Waals surface area contributed by atoms with E-state index in [4.69, 9.17) is 5.73 Å². The predicted octanol–water partition coefficient (Wildman–Crippen LogP) is 2.57. The van der Waals surface area contributed by atoms with Gasteiger partial charge in [-0.3, -0.25) is 14.4 Å².